The Hall–Kier alpha value is -1.72. The molecule has 1 rings (SSSR count). The van der Waals surface area contributed by atoms with Crippen LogP contribution in [0.3, 0.4) is 0 Å². The van der Waals surface area contributed by atoms with Gasteiger partial charge in [-0.05, 0) is 46.5 Å². The maximum Gasteiger partial charge on any atom is 0.176 e. The van der Waals surface area contributed by atoms with Crippen molar-refractivity contribution < 1.29 is 24.9 Å². The molecule has 0 amide bonds. The molecule has 5 heteroatoms. The Morgan fingerprint density at radius 2 is 1.69 bits per heavy atom. The average molecular weight is 364 g/mol. The molecule has 0 saturated heterocycles. The number of Topliss-reactive ketones (excluding diaryl/α,β-unsaturated/α-hetero) is 2. The fourth-order valence-corrected chi connectivity index (χ4v) is 3.16. The highest BCUT2D eigenvalue weighted by Crippen LogP contribution is 2.43. The van der Waals surface area contributed by atoms with Crippen molar-refractivity contribution in [3.8, 4) is 0 Å². The summed E-state index contributed by atoms with van der Waals surface area (Å²) in [5.41, 5.74) is -0.626. The van der Waals surface area contributed by atoms with Gasteiger partial charge in [0.05, 0.1) is 12.0 Å². The van der Waals surface area contributed by atoms with Crippen molar-refractivity contribution in [2.75, 3.05) is 0 Å². The molecule has 0 aromatic heterocycles. The minimum Gasteiger partial charge on any atom is -0.508 e. The predicted octanol–water partition coefficient (Wildman–Crippen LogP) is 3.42. The van der Waals surface area contributed by atoms with E-state index in [1.165, 1.54) is 0 Å². The molecule has 1 aliphatic rings. The van der Waals surface area contributed by atoms with Gasteiger partial charge in [0.15, 0.2) is 17.2 Å². The van der Waals surface area contributed by atoms with Gasteiger partial charge < -0.3 is 15.3 Å². The maximum absolute atomic E-state index is 12.9. The molecule has 0 bridgehead atoms. The van der Waals surface area contributed by atoms with E-state index in [9.17, 15) is 24.9 Å². The van der Waals surface area contributed by atoms with Gasteiger partial charge in [-0.3, -0.25) is 9.59 Å². The molecule has 5 nitrogen and oxygen atoms in total. The van der Waals surface area contributed by atoms with Crippen LogP contribution < -0.4 is 0 Å². The maximum atomic E-state index is 12.9. The van der Waals surface area contributed by atoms with E-state index in [-0.39, 0.29) is 30.8 Å². The Morgan fingerprint density at radius 3 is 2.15 bits per heavy atom. The Labute approximate surface area is 156 Å². The number of hydrogen-bond donors (Lipinski definition) is 3. The summed E-state index contributed by atoms with van der Waals surface area (Å²) < 4.78 is 0. The second-order valence-electron chi connectivity index (χ2n) is 8.04. The molecule has 0 radical (unpaired) electrons. The quantitative estimate of drug-likeness (QED) is 0.453. The first kappa shape index (κ1) is 22.3. The zero-order valence-electron chi connectivity index (χ0n) is 16.7. The summed E-state index contributed by atoms with van der Waals surface area (Å²) in [7, 11) is 0. The van der Waals surface area contributed by atoms with Crippen LogP contribution in [0.25, 0.3) is 0 Å². The van der Waals surface area contributed by atoms with Gasteiger partial charge in [-0.1, -0.05) is 37.1 Å². The zero-order valence-corrected chi connectivity index (χ0v) is 16.7. The van der Waals surface area contributed by atoms with Crippen LogP contribution in [0.5, 0.6) is 0 Å². The predicted molar refractivity (Wildman–Crippen MR) is 102 cm³/mol. The van der Waals surface area contributed by atoms with Crippen LogP contribution in [0.2, 0.25) is 0 Å². The van der Waals surface area contributed by atoms with Crippen LogP contribution in [0.4, 0.5) is 0 Å². The average Bonchev–Trinajstić information content (AvgIpc) is 2.69. The van der Waals surface area contributed by atoms with E-state index in [0.29, 0.717) is 0 Å². The molecular formula is C21H32O5. The fourth-order valence-electron chi connectivity index (χ4n) is 3.16. The van der Waals surface area contributed by atoms with Gasteiger partial charge in [0, 0.05) is 6.42 Å². The van der Waals surface area contributed by atoms with Crippen molar-refractivity contribution in [3.05, 3.63) is 34.6 Å². The van der Waals surface area contributed by atoms with E-state index >= 15 is 0 Å². The van der Waals surface area contributed by atoms with E-state index < -0.39 is 34.9 Å². The lowest BCUT2D eigenvalue weighted by Crippen LogP contribution is -2.49. The standard InChI is InChI=1S/C21H32O5/c1-12(2)7-9-15-19(24)18(16(22)11-14(5)6)20(25)21(15,26)17(23)10-8-13(3)4/h7-8,14-15,17,23,25-26H,9-11H2,1-6H3/t15-,17-,21-/m1/s1. The first-order valence-electron chi connectivity index (χ1n) is 9.11. The van der Waals surface area contributed by atoms with Crippen LogP contribution >= 0.6 is 0 Å². The number of hydrogen-bond acceptors (Lipinski definition) is 5. The van der Waals surface area contributed by atoms with E-state index in [0.717, 1.165) is 11.1 Å². The number of rotatable bonds is 8. The van der Waals surface area contributed by atoms with Gasteiger partial charge in [0.25, 0.3) is 0 Å². The topological polar surface area (TPSA) is 94.8 Å². The molecule has 3 atom stereocenters. The molecular weight excluding hydrogens is 332 g/mol. The lowest BCUT2D eigenvalue weighted by Gasteiger charge is -2.33. The molecule has 0 aromatic carbocycles. The van der Waals surface area contributed by atoms with Crippen molar-refractivity contribution in [1.82, 2.24) is 0 Å². The molecule has 3 N–H and O–H groups in total. The molecule has 0 unspecified atom stereocenters. The highest BCUT2D eigenvalue weighted by atomic mass is 16.4. The molecule has 0 heterocycles. The Balaban J connectivity index is 3.38. The lowest BCUT2D eigenvalue weighted by molar-refractivity contribution is -0.134. The van der Waals surface area contributed by atoms with Crippen molar-refractivity contribution in [2.24, 2.45) is 11.8 Å². The summed E-state index contributed by atoms with van der Waals surface area (Å²) in [6.45, 7) is 11.1. The Morgan fingerprint density at radius 1 is 1.15 bits per heavy atom. The molecule has 0 spiro atoms. The van der Waals surface area contributed by atoms with E-state index in [4.69, 9.17) is 0 Å². The van der Waals surface area contributed by atoms with Crippen LogP contribution in [-0.2, 0) is 9.59 Å². The van der Waals surface area contributed by atoms with Crippen LogP contribution in [0, 0.1) is 11.8 Å². The normalized spacial score (nSPS) is 24.0. The Kier molecular flexibility index (Phi) is 7.54. The number of carbonyl (C=O) groups is 2. The van der Waals surface area contributed by atoms with Gasteiger partial charge in [-0.25, -0.2) is 0 Å². The molecule has 0 fully saturated rings. The largest absolute Gasteiger partial charge is 0.508 e. The van der Waals surface area contributed by atoms with E-state index in [1.807, 2.05) is 41.5 Å². The smallest absolute Gasteiger partial charge is 0.176 e. The van der Waals surface area contributed by atoms with Crippen molar-refractivity contribution >= 4 is 11.6 Å². The number of aliphatic hydroxyl groups is 3. The lowest BCUT2D eigenvalue weighted by atomic mass is 9.80. The van der Waals surface area contributed by atoms with Crippen molar-refractivity contribution in [3.63, 3.8) is 0 Å². The van der Waals surface area contributed by atoms with Gasteiger partial charge >= 0.3 is 0 Å². The first-order chi connectivity index (χ1) is 11.9. The summed E-state index contributed by atoms with van der Waals surface area (Å²) >= 11 is 0. The monoisotopic (exact) mass is 364 g/mol. The second kappa shape index (κ2) is 8.78. The first-order valence-corrected chi connectivity index (χ1v) is 9.11. The van der Waals surface area contributed by atoms with E-state index in [1.54, 1.807) is 12.2 Å². The fraction of sp³-hybridized carbons (Fsp3) is 0.619. The van der Waals surface area contributed by atoms with Crippen LogP contribution in [-0.4, -0.2) is 38.6 Å². The summed E-state index contributed by atoms with van der Waals surface area (Å²) in [5, 5.41) is 32.4. The summed E-state index contributed by atoms with van der Waals surface area (Å²) in [4.78, 5) is 25.3. The minimum atomic E-state index is -2.16. The zero-order chi connectivity index (χ0) is 20.2. The highest BCUT2D eigenvalue weighted by Gasteiger charge is 2.58. The number of aliphatic hydroxyl groups excluding tert-OH is 2. The summed E-state index contributed by atoms with van der Waals surface area (Å²) in [6, 6.07) is 0. The molecule has 0 aliphatic heterocycles. The van der Waals surface area contributed by atoms with Gasteiger partial charge in [-0.2, -0.15) is 0 Å². The molecule has 1 aliphatic carbocycles. The summed E-state index contributed by atoms with van der Waals surface area (Å²) in [5.74, 6) is -2.84. The molecule has 0 saturated carbocycles. The highest BCUT2D eigenvalue weighted by molar-refractivity contribution is 6.23. The SMILES string of the molecule is CC(C)=CC[C@@H](O)[C@@]1(O)C(O)=C(C(=O)CC(C)C)C(=O)[C@H]1CC=C(C)C. The van der Waals surface area contributed by atoms with Crippen molar-refractivity contribution in [2.45, 2.75) is 72.5 Å². The third-order valence-corrected chi connectivity index (χ3v) is 4.60. The van der Waals surface area contributed by atoms with Crippen molar-refractivity contribution in [1.29, 1.82) is 0 Å². The van der Waals surface area contributed by atoms with Gasteiger partial charge in [-0.15, -0.1) is 0 Å². The van der Waals surface area contributed by atoms with Crippen LogP contribution in [0.1, 0.15) is 60.8 Å². The third kappa shape index (κ3) is 4.71. The van der Waals surface area contributed by atoms with Gasteiger partial charge in [0.2, 0.25) is 0 Å². The molecule has 0 aromatic rings. The van der Waals surface area contributed by atoms with Gasteiger partial charge in [0.1, 0.15) is 11.3 Å². The minimum absolute atomic E-state index is 0.0103. The Bertz CT molecular complexity index is 645. The number of allylic oxidation sites excluding steroid dienone is 4. The van der Waals surface area contributed by atoms with Crippen LogP contribution in [0.15, 0.2) is 34.6 Å². The third-order valence-electron chi connectivity index (χ3n) is 4.60. The van der Waals surface area contributed by atoms with E-state index in [2.05, 4.69) is 0 Å². The molecule has 26 heavy (non-hydrogen) atoms. The molecule has 146 valence electrons. The second-order valence-corrected chi connectivity index (χ2v) is 8.04. The summed E-state index contributed by atoms with van der Waals surface area (Å²) in [6.07, 6.45) is 2.43. The number of carbonyl (C=O) groups excluding carboxylic acids is 2. The number of ketones is 2.